The van der Waals surface area contributed by atoms with Crippen molar-refractivity contribution in [3.8, 4) is 0 Å². The number of ketones is 1. The van der Waals surface area contributed by atoms with Gasteiger partial charge in [0.15, 0.2) is 5.78 Å². The van der Waals surface area contributed by atoms with Crippen molar-refractivity contribution in [3.63, 3.8) is 0 Å². The van der Waals surface area contributed by atoms with E-state index in [4.69, 9.17) is 9.47 Å². The predicted molar refractivity (Wildman–Crippen MR) is 101 cm³/mol. The molecule has 2 saturated carbocycles. The van der Waals surface area contributed by atoms with E-state index in [2.05, 4.69) is 0 Å². The Morgan fingerprint density at radius 1 is 1.14 bits per heavy atom. The number of benzene rings is 1. The topological polar surface area (TPSA) is 110 Å². The molecule has 1 saturated heterocycles. The fraction of sp³-hybridized carbons (Fsp3) is 0.591. The summed E-state index contributed by atoms with van der Waals surface area (Å²) in [6.07, 6.45) is -1.06. The van der Waals surface area contributed by atoms with Gasteiger partial charge in [-0.25, -0.2) is 4.79 Å². The summed E-state index contributed by atoms with van der Waals surface area (Å²) in [5.41, 5.74) is -6.13. The van der Waals surface area contributed by atoms with Gasteiger partial charge in [0.25, 0.3) is 0 Å². The molecule has 6 atom stereocenters. The molecule has 0 spiro atoms. The number of ether oxygens (including phenoxy) is 2. The van der Waals surface area contributed by atoms with Crippen molar-refractivity contribution in [2.75, 3.05) is 6.61 Å². The number of aliphatic hydroxyl groups is 2. The Morgan fingerprint density at radius 3 is 2.45 bits per heavy atom. The van der Waals surface area contributed by atoms with Gasteiger partial charge in [0.1, 0.15) is 23.9 Å². The molecule has 156 valence electrons. The number of carbonyl (C=O) groups excluding carboxylic acids is 3. The van der Waals surface area contributed by atoms with Crippen LogP contribution in [0.3, 0.4) is 0 Å². The average Bonchev–Trinajstić information content (AvgIpc) is 2.83. The summed E-state index contributed by atoms with van der Waals surface area (Å²) in [6.45, 7) is 4.39. The molecule has 2 bridgehead atoms. The lowest BCUT2D eigenvalue weighted by molar-refractivity contribution is -0.271. The van der Waals surface area contributed by atoms with Crippen LogP contribution in [0.4, 0.5) is 0 Å². The lowest BCUT2D eigenvalue weighted by atomic mass is 9.46. The van der Waals surface area contributed by atoms with Crippen molar-refractivity contribution in [1.82, 2.24) is 0 Å². The zero-order valence-corrected chi connectivity index (χ0v) is 16.8. The van der Waals surface area contributed by atoms with Crippen LogP contribution in [0.15, 0.2) is 30.3 Å². The molecule has 2 N–H and O–H groups in total. The summed E-state index contributed by atoms with van der Waals surface area (Å²) >= 11 is 0. The van der Waals surface area contributed by atoms with Crippen molar-refractivity contribution in [1.29, 1.82) is 0 Å². The number of rotatable bonds is 2. The second-order valence-electron chi connectivity index (χ2n) is 9.16. The van der Waals surface area contributed by atoms with Gasteiger partial charge >= 0.3 is 11.9 Å². The van der Waals surface area contributed by atoms with Gasteiger partial charge < -0.3 is 19.7 Å². The molecule has 0 radical (unpaired) electrons. The minimum atomic E-state index is -1.95. The molecule has 0 aromatic heterocycles. The number of hydrogen-bond acceptors (Lipinski definition) is 7. The summed E-state index contributed by atoms with van der Waals surface area (Å²) in [7, 11) is 0. The van der Waals surface area contributed by atoms with E-state index < -0.39 is 45.9 Å². The summed E-state index contributed by atoms with van der Waals surface area (Å²) in [4.78, 5) is 38.1. The van der Waals surface area contributed by atoms with Crippen LogP contribution in [0.1, 0.15) is 50.4 Å². The van der Waals surface area contributed by atoms with Gasteiger partial charge in [-0.15, -0.1) is 0 Å². The summed E-state index contributed by atoms with van der Waals surface area (Å²) < 4.78 is 11.1. The first-order valence-electron chi connectivity index (χ1n) is 9.89. The van der Waals surface area contributed by atoms with Gasteiger partial charge in [-0.1, -0.05) is 32.0 Å². The summed E-state index contributed by atoms with van der Waals surface area (Å²) in [5.74, 6) is -1.87. The third-order valence-electron chi connectivity index (χ3n) is 7.91. The highest BCUT2D eigenvalue weighted by atomic mass is 16.6. The van der Waals surface area contributed by atoms with Crippen LogP contribution in [0.2, 0.25) is 0 Å². The minimum Gasteiger partial charge on any atom is -0.465 e. The molecular weight excluding hydrogens is 376 g/mol. The summed E-state index contributed by atoms with van der Waals surface area (Å²) in [6, 6.07) is 8.42. The maximum absolute atomic E-state index is 12.9. The lowest BCUT2D eigenvalue weighted by Gasteiger charge is -2.61. The summed E-state index contributed by atoms with van der Waals surface area (Å²) in [5, 5.41) is 23.3. The molecule has 0 amide bonds. The lowest BCUT2D eigenvalue weighted by Crippen LogP contribution is -2.76. The average molecular weight is 402 g/mol. The van der Waals surface area contributed by atoms with E-state index >= 15 is 0 Å². The van der Waals surface area contributed by atoms with Gasteiger partial charge in [0.05, 0.1) is 17.4 Å². The highest BCUT2D eigenvalue weighted by molar-refractivity contribution is 5.92. The van der Waals surface area contributed by atoms with Crippen molar-refractivity contribution in [2.24, 2.45) is 16.7 Å². The molecule has 6 unspecified atom stereocenters. The Morgan fingerprint density at radius 2 is 1.79 bits per heavy atom. The zero-order chi connectivity index (χ0) is 21.2. The Bertz CT molecular complexity index is 878. The smallest absolute Gasteiger partial charge is 0.338 e. The first-order valence-corrected chi connectivity index (χ1v) is 9.89. The molecule has 4 rings (SSSR count). The van der Waals surface area contributed by atoms with E-state index in [0.717, 1.165) is 0 Å². The largest absolute Gasteiger partial charge is 0.465 e. The number of hydrogen-bond donors (Lipinski definition) is 2. The van der Waals surface area contributed by atoms with Crippen LogP contribution in [0.25, 0.3) is 0 Å². The Labute approximate surface area is 169 Å². The first kappa shape index (κ1) is 20.0. The van der Waals surface area contributed by atoms with Crippen LogP contribution in [0, 0.1) is 16.7 Å². The normalized spacial score (nSPS) is 43.9. The van der Waals surface area contributed by atoms with Crippen molar-refractivity contribution in [2.45, 2.75) is 57.3 Å². The van der Waals surface area contributed by atoms with E-state index in [0.29, 0.717) is 5.56 Å². The van der Waals surface area contributed by atoms with Gasteiger partial charge in [0.2, 0.25) is 0 Å². The third kappa shape index (κ3) is 2.34. The van der Waals surface area contributed by atoms with E-state index in [-0.39, 0.29) is 31.8 Å². The zero-order valence-electron chi connectivity index (χ0n) is 16.8. The molecule has 1 aliphatic heterocycles. The molecule has 29 heavy (non-hydrogen) atoms. The monoisotopic (exact) mass is 402 g/mol. The molecule has 3 fully saturated rings. The Balaban J connectivity index is 1.84. The molecular formula is C22H26O7. The van der Waals surface area contributed by atoms with Crippen LogP contribution in [-0.2, 0) is 19.1 Å². The molecule has 2 aliphatic carbocycles. The van der Waals surface area contributed by atoms with Gasteiger partial charge in [-0.2, -0.15) is 0 Å². The molecule has 3 aliphatic rings. The standard InChI is InChI=1S/C22H26O7/c1-13-9-16(29-18(25)14-7-5-4-6-8-14)22(27)19(2)12-28-17(24)11-21(13,22)10-15(23)20(19,3)26/h4-8,13,16,26-27H,9-12H2,1-3H3. The Kier molecular flexibility index (Phi) is 4.23. The number of cyclic esters (lactones) is 1. The maximum atomic E-state index is 12.9. The van der Waals surface area contributed by atoms with Gasteiger partial charge in [-0.3, -0.25) is 9.59 Å². The van der Waals surface area contributed by atoms with Crippen molar-refractivity contribution < 1.29 is 34.1 Å². The second-order valence-corrected chi connectivity index (χ2v) is 9.16. The molecule has 1 heterocycles. The van der Waals surface area contributed by atoms with E-state index in [1.54, 1.807) is 37.3 Å². The highest BCUT2D eigenvalue weighted by Crippen LogP contribution is 2.69. The third-order valence-corrected chi connectivity index (χ3v) is 7.91. The molecule has 7 heteroatoms. The number of esters is 2. The van der Waals surface area contributed by atoms with Crippen LogP contribution in [-0.4, -0.2) is 51.8 Å². The highest BCUT2D eigenvalue weighted by Gasteiger charge is 2.81. The Hall–Kier alpha value is -2.25. The second kappa shape index (κ2) is 6.12. The van der Waals surface area contributed by atoms with Crippen molar-refractivity contribution in [3.05, 3.63) is 35.9 Å². The quantitative estimate of drug-likeness (QED) is 0.724. The SMILES string of the molecule is CC1CC(OC(=O)c2ccccc2)C2(O)C13CC(=O)OCC2(C)C(C)(O)C(=O)C3. The fourth-order valence-corrected chi connectivity index (χ4v) is 5.83. The van der Waals surface area contributed by atoms with Crippen molar-refractivity contribution >= 4 is 17.7 Å². The van der Waals surface area contributed by atoms with E-state index in [1.807, 2.05) is 6.92 Å². The van der Waals surface area contributed by atoms with E-state index in [9.17, 15) is 24.6 Å². The van der Waals surface area contributed by atoms with Crippen LogP contribution < -0.4 is 0 Å². The van der Waals surface area contributed by atoms with Gasteiger partial charge in [-0.05, 0) is 31.4 Å². The number of carbonyl (C=O) groups is 3. The van der Waals surface area contributed by atoms with Gasteiger partial charge in [0, 0.05) is 11.8 Å². The van der Waals surface area contributed by atoms with E-state index in [1.165, 1.54) is 6.92 Å². The predicted octanol–water partition coefficient (Wildman–Crippen LogP) is 1.65. The molecule has 7 nitrogen and oxygen atoms in total. The number of Topliss-reactive ketones (excluding diaryl/α,β-unsaturated/α-hetero) is 1. The van der Waals surface area contributed by atoms with Crippen LogP contribution >= 0.6 is 0 Å². The fourth-order valence-electron chi connectivity index (χ4n) is 5.83. The van der Waals surface area contributed by atoms with Crippen LogP contribution in [0.5, 0.6) is 0 Å². The molecule has 1 aromatic rings. The molecule has 1 aromatic carbocycles. The first-order chi connectivity index (χ1) is 13.5. The maximum Gasteiger partial charge on any atom is 0.338 e. The minimum absolute atomic E-state index is 0.165.